The van der Waals surface area contributed by atoms with Crippen LogP contribution in [0.15, 0.2) is 12.1 Å². The fourth-order valence-electron chi connectivity index (χ4n) is 1.99. The normalized spacial score (nSPS) is 12.1. The van der Waals surface area contributed by atoms with E-state index in [2.05, 4.69) is 10.2 Å². The summed E-state index contributed by atoms with van der Waals surface area (Å²) >= 11 is 6.32. The number of rotatable bonds is 10. The zero-order valence-electron chi connectivity index (χ0n) is 15.0. The minimum atomic E-state index is -0.737. The molecular formula is C17H27ClN2O4. The number of hydrogen-bond acceptors (Lipinski definition) is 6. The van der Waals surface area contributed by atoms with Crippen LogP contribution in [0.5, 0.6) is 11.5 Å². The Morgan fingerprint density at radius 2 is 2.04 bits per heavy atom. The number of nitrogens with one attached hydrogen (secondary N) is 1. The highest BCUT2D eigenvalue weighted by atomic mass is 35.5. The Morgan fingerprint density at radius 3 is 2.62 bits per heavy atom. The highest BCUT2D eigenvalue weighted by molar-refractivity contribution is 6.31. The number of likely N-dealkylation sites (N-methyl/N-ethyl adjacent to an activating group) is 1. The molecule has 1 atom stereocenters. The van der Waals surface area contributed by atoms with Crippen LogP contribution in [0.25, 0.3) is 0 Å². The summed E-state index contributed by atoms with van der Waals surface area (Å²) in [6, 6.07) is 3.48. The van der Waals surface area contributed by atoms with Gasteiger partial charge in [-0.25, -0.2) is 4.79 Å². The number of benzene rings is 1. The summed E-state index contributed by atoms with van der Waals surface area (Å²) in [5.74, 6) is 0.519. The van der Waals surface area contributed by atoms with Crippen molar-refractivity contribution in [2.24, 2.45) is 0 Å². The van der Waals surface area contributed by atoms with E-state index in [1.165, 1.54) is 0 Å². The molecule has 1 N–H and O–H groups in total. The predicted octanol–water partition coefficient (Wildman–Crippen LogP) is 2.33. The van der Waals surface area contributed by atoms with E-state index in [0.717, 1.165) is 18.7 Å². The number of nitrogens with zero attached hydrogens (tertiary/aromatic N) is 1. The van der Waals surface area contributed by atoms with Crippen LogP contribution in [0.3, 0.4) is 0 Å². The van der Waals surface area contributed by atoms with Crippen molar-refractivity contribution >= 4 is 17.6 Å². The van der Waals surface area contributed by atoms with Crippen LogP contribution in [0, 0.1) is 0 Å². The Hall–Kier alpha value is -1.50. The van der Waals surface area contributed by atoms with Gasteiger partial charge in [0.05, 0.1) is 13.7 Å². The van der Waals surface area contributed by atoms with Crippen molar-refractivity contribution in [3.8, 4) is 11.5 Å². The van der Waals surface area contributed by atoms with E-state index < -0.39 is 12.1 Å². The molecule has 1 rings (SSSR count). The molecule has 1 aromatic carbocycles. The van der Waals surface area contributed by atoms with Gasteiger partial charge in [0.1, 0.15) is 0 Å². The van der Waals surface area contributed by atoms with Crippen LogP contribution >= 0.6 is 11.6 Å². The molecule has 0 fully saturated rings. The molecule has 0 heterocycles. The fourth-order valence-corrected chi connectivity index (χ4v) is 2.21. The zero-order valence-corrected chi connectivity index (χ0v) is 15.8. The number of carbonyl (C=O) groups is 1. The molecule has 0 aromatic heterocycles. The molecule has 0 saturated heterocycles. The van der Waals surface area contributed by atoms with E-state index in [1.807, 2.05) is 20.2 Å². The van der Waals surface area contributed by atoms with Gasteiger partial charge in [-0.05, 0) is 39.6 Å². The van der Waals surface area contributed by atoms with E-state index in [0.29, 0.717) is 29.7 Å². The molecule has 0 aliphatic heterocycles. The van der Waals surface area contributed by atoms with Crippen LogP contribution in [-0.2, 0) is 16.1 Å². The van der Waals surface area contributed by atoms with Gasteiger partial charge in [-0.2, -0.15) is 0 Å². The minimum absolute atomic E-state index is 0.308. The smallest absolute Gasteiger partial charge is 0.347 e. The van der Waals surface area contributed by atoms with Gasteiger partial charge in [-0.1, -0.05) is 11.6 Å². The van der Waals surface area contributed by atoms with Crippen molar-refractivity contribution in [1.82, 2.24) is 10.2 Å². The highest BCUT2D eigenvalue weighted by Crippen LogP contribution is 2.34. The van der Waals surface area contributed by atoms with Crippen LogP contribution < -0.4 is 14.8 Å². The van der Waals surface area contributed by atoms with Gasteiger partial charge in [0.2, 0.25) is 0 Å². The second kappa shape index (κ2) is 10.4. The summed E-state index contributed by atoms with van der Waals surface area (Å²) in [6.45, 7) is 6.09. The highest BCUT2D eigenvalue weighted by Gasteiger charge is 2.19. The number of carbonyl (C=O) groups excluding carboxylic acids is 1. The molecule has 1 unspecified atom stereocenters. The average Bonchev–Trinajstić information content (AvgIpc) is 2.53. The van der Waals surface area contributed by atoms with Crippen LogP contribution in [0.2, 0.25) is 5.02 Å². The molecule has 0 aliphatic rings. The summed E-state index contributed by atoms with van der Waals surface area (Å²) in [4.78, 5) is 13.8. The molecule has 6 nitrogen and oxygen atoms in total. The summed E-state index contributed by atoms with van der Waals surface area (Å²) in [5.41, 5.74) is 0.906. The maximum atomic E-state index is 11.7. The van der Waals surface area contributed by atoms with Gasteiger partial charge < -0.3 is 24.4 Å². The van der Waals surface area contributed by atoms with Crippen LogP contribution in [0.4, 0.5) is 0 Å². The van der Waals surface area contributed by atoms with Crippen molar-refractivity contribution < 1.29 is 19.0 Å². The third-order valence-corrected chi connectivity index (χ3v) is 3.66. The van der Waals surface area contributed by atoms with E-state index in [1.54, 1.807) is 27.0 Å². The zero-order chi connectivity index (χ0) is 18.1. The molecule has 0 aliphatic carbocycles. The first kappa shape index (κ1) is 20.5. The molecule has 0 spiro atoms. The number of ether oxygens (including phenoxy) is 3. The van der Waals surface area contributed by atoms with Crippen molar-refractivity contribution in [2.75, 3.05) is 40.9 Å². The van der Waals surface area contributed by atoms with Crippen molar-refractivity contribution in [2.45, 2.75) is 26.5 Å². The Bertz CT molecular complexity index is 538. The number of esters is 1. The summed E-state index contributed by atoms with van der Waals surface area (Å²) in [6.07, 6.45) is -0.737. The Balaban J connectivity index is 2.78. The first-order valence-electron chi connectivity index (χ1n) is 7.94. The lowest BCUT2D eigenvalue weighted by atomic mass is 10.2. The first-order chi connectivity index (χ1) is 11.4. The molecule has 136 valence electrons. The topological polar surface area (TPSA) is 60.0 Å². The quantitative estimate of drug-likeness (QED) is 0.511. The SMILES string of the molecule is CCOC(=O)C(C)Oc1cc(Cl)c(CNCCN(C)C)cc1OC. The Morgan fingerprint density at radius 1 is 1.33 bits per heavy atom. The molecule has 0 amide bonds. The second-order valence-corrected chi connectivity index (χ2v) is 5.99. The second-order valence-electron chi connectivity index (χ2n) is 5.59. The first-order valence-corrected chi connectivity index (χ1v) is 8.32. The minimum Gasteiger partial charge on any atom is -0.493 e. The lowest BCUT2D eigenvalue weighted by Gasteiger charge is -2.18. The standard InChI is InChI=1S/C17H27ClN2O4/c1-6-23-17(21)12(2)24-16-10-14(18)13(9-15(16)22-5)11-19-7-8-20(3)4/h9-10,12,19H,6-8,11H2,1-5H3. The fraction of sp³-hybridized carbons (Fsp3) is 0.588. The van der Waals surface area contributed by atoms with Gasteiger partial charge in [0.15, 0.2) is 17.6 Å². The summed E-state index contributed by atoms with van der Waals surface area (Å²) < 4.78 is 15.9. The largest absolute Gasteiger partial charge is 0.493 e. The van der Waals surface area contributed by atoms with E-state index in [-0.39, 0.29) is 0 Å². The lowest BCUT2D eigenvalue weighted by molar-refractivity contribution is -0.150. The number of methoxy groups -OCH3 is 1. The van der Waals surface area contributed by atoms with Gasteiger partial charge >= 0.3 is 5.97 Å². The van der Waals surface area contributed by atoms with Crippen molar-refractivity contribution in [1.29, 1.82) is 0 Å². The Kier molecular flexibility index (Phi) is 8.89. The van der Waals surface area contributed by atoms with Gasteiger partial charge in [0.25, 0.3) is 0 Å². The van der Waals surface area contributed by atoms with E-state index >= 15 is 0 Å². The molecule has 0 bridgehead atoms. The van der Waals surface area contributed by atoms with Gasteiger partial charge in [-0.15, -0.1) is 0 Å². The monoisotopic (exact) mass is 358 g/mol. The Labute approximate surface area is 149 Å². The third-order valence-electron chi connectivity index (χ3n) is 3.31. The third kappa shape index (κ3) is 6.55. The lowest BCUT2D eigenvalue weighted by Crippen LogP contribution is -2.27. The van der Waals surface area contributed by atoms with Crippen molar-refractivity contribution in [3.05, 3.63) is 22.7 Å². The molecule has 0 saturated carbocycles. The van der Waals surface area contributed by atoms with E-state index in [9.17, 15) is 4.79 Å². The molecular weight excluding hydrogens is 332 g/mol. The molecule has 24 heavy (non-hydrogen) atoms. The maximum absolute atomic E-state index is 11.7. The average molecular weight is 359 g/mol. The molecule has 7 heteroatoms. The van der Waals surface area contributed by atoms with Crippen molar-refractivity contribution in [3.63, 3.8) is 0 Å². The molecule has 0 radical (unpaired) electrons. The van der Waals surface area contributed by atoms with E-state index in [4.69, 9.17) is 25.8 Å². The number of hydrogen-bond donors (Lipinski definition) is 1. The molecule has 1 aromatic rings. The van der Waals surface area contributed by atoms with Gasteiger partial charge in [0, 0.05) is 30.7 Å². The van der Waals surface area contributed by atoms with Crippen LogP contribution in [-0.4, -0.2) is 57.9 Å². The number of halogens is 1. The summed E-state index contributed by atoms with van der Waals surface area (Å²) in [7, 11) is 5.59. The predicted molar refractivity (Wildman–Crippen MR) is 95.0 cm³/mol. The van der Waals surface area contributed by atoms with Gasteiger partial charge in [-0.3, -0.25) is 0 Å². The van der Waals surface area contributed by atoms with Crippen LogP contribution in [0.1, 0.15) is 19.4 Å². The maximum Gasteiger partial charge on any atom is 0.347 e. The summed E-state index contributed by atoms with van der Waals surface area (Å²) in [5, 5.41) is 3.88.